The van der Waals surface area contributed by atoms with Gasteiger partial charge in [0.05, 0.1) is 0 Å². The van der Waals surface area contributed by atoms with Gasteiger partial charge in [-0.2, -0.15) is 0 Å². The maximum absolute atomic E-state index is 11.1. The number of para-hydroxylation sites is 1. The lowest BCUT2D eigenvalue weighted by molar-refractivity contribution is -0.139. The number of aliphatic carboxylic acids is 1. The van der Waals surface area contributed by atoms with Gasteiger partial charge in [0.15, 0.2) is 0 Å². The minimum Gasteiger partial charge on any atom is -0.480 e. The van der Waals surface area contributed by atoms with Gasteiger partial charge < -0.3 is 15.3 Å². The van der Waals surface area contributed by atoms with Crippen LogP contribution in [-0.4, -0.2) is 36.8 Å². The van der Waals surface area contributed by atoms with Crippen molar-refractivity contribution >= 4 is 11.7 Å². The second-order valence-electron chi connectivity index (χ2n) is 5.00. The molecule has 1 atom stereocenters. The smallest absolute Gasteiger partial charge is 0.322 e. The van der Waals surface area contributed by atoms with E-state index in [1.807, 2.05) is 12.1 Å². The van der Waals surface area contributed by atoms with E-state index in [0.29, 0.717) is 19.0 Å². The van der Waals surface area contributed by atoms with Crippen molar-refractivity contribution in [2.24, 2.45) is 0 Å². The van der Waals surface area contributed by atoms with Gasteiger partial charge in [-0.05, 0) is 17.5 Å². The second-order valence-corrected chi connectivity index (χ2v) is 5.00. The van der Waals surface area contributed by atoms with Crippen molar-refractivity contribution in [3.63, 3.8) is 0 Å². The molecule has 1 fully saturated rings. The lowest BCUT2D eigenvalue weighted by Gasteiger charge is -2.35. The first-order chi connectivity index (χ1) is 8.59. The van der Waals surface area contributed by atoms with E-state index in [0.717, 1.165) is 6.54 Å². The Labute approximate surface area is 108 Å². The molecule has 0 amide bonds. The number of nitrogens with one attached hydrogen (secondary N) is 1. The summed E-state index contributed by atoms with van der Waals surface area (Å²) in [6, 6.07) is 7.78. The van der Waals surface area contributed by atoms with Gasteiger partial charge in [0, 0.05) is 25.3 Å². The van der Waals surface area contributed by atoms with Crippen molar-refractivity contribution in [1.29, 1.82) is 0 Å². The SMILES string of the molecule is CC(C)c1ccccc1N1CCNC(C(=O)O)C1. The highest BCUT2D eigenvalue weighted by Gasteiger charge is 2.26. The van der Waals surface area contributed by atoms with E-state index in [9.17, 15) is 4.79 Å². The minimum atomic E-state index is -0.776. The molecule has 1 unspecified atom stereocenters. The number of benzene rings is 1. The zero-order chi connectivity index (χ0) is 13.1. The highest BCUT2D eigenvalue weighted by Crippen LogP contribution is 2.27. The third kappa shape index (κ3) is 2.64. The molecule has 1 aromatic carbocycles. The fraction of sp³-hybridized carbons (Fsp3) is 0.500. The summed E-state index contributed by atoms with van der Waals surface area (Å²) in [5.41, 5.74) is 2.45. The van der Waals surface area contributed by atoms with Crippen LogP contribution in [0.5, 0.6) is 0 Å². The molecule has 0 aromatic heterocycles. The van der Waals surface area contributed by atoms with E-state index in [-0.39, 0.29) is 0 Å². The van der Waals surface area contributed by atoms with Gasteiger partial charge >= 0.3 is 5.97 Å². The molecule has 1 heterocycles. The molecule has 1 aliphatic heterocycles. The summed E-state index contributed by atoms with van der Waals surface area (Å²) in [5, 5.41) is 12.1. The fourth-order valence-electron chi connectivity index (χ4n) is 2.40. The van der Waals surface area contributed by atoms with Crippen molar-refractivity contribution in [3.05, 3.63) is 29.8 Å². The predicted molar refractivity (Wildman–Crippen MR) is 72.2 cm³/mol. The molecule has 0 radical (unpaired) electrons. The van der Waals surface area contributed by atoms with Crippen LogP contribution in [0.4, 0.5) is 5.69 Å². The normalized spacial score (nSPS) is 20.2. The number of hydrogen-bond donors (Lipinski definition) is 2. The van der Waals surface area contributed by atoms with E-state index < -0.39 is 12.0 Å². The predicted octanol–water partition coefficient (Wildman–Crippen LogP) is 1.67. The van der Waals surface area contributed by atoms with Crippen molar-refractivity contribution in [2.75, 3.05) is 24.5 Å². The van der Waals surface area contributed by atoms with Crippen molar-refractivity contribution in [3.8, 4) is 0 Å². The van der Waals surface area contributed by atoms with E-state index in [4.69, 9.17) is 5.11 Å². The zero-order valence-electron chi connectivity index (χ0n) is 10.9. The minimum absolute atomic E-state index is 0.444. The summed E-state index contributed by atoms with van der Waals surface area (Å²) in [4.78, 5) is 13.2. The Morgan fingerprint density at radius 2 is 2.17 bits per heavy atom. The summed E-state index contributed by atoms with van der Waals surface area (Å²) >= 11 is 0. The number of rotatable bonds is 3. The van der Waals surface area contributed by atoms with Crippen LogP contribution in [0.3, 0.4) is 0 Å². The molecule has 2 N–H and O–H groups in total. The summed E-state index contributed by atoms with van der Waals surface area (Å²) in [6.07, 6.45) is 0. The first kappa shape index (κ1) is 12.9. The standard InChI is InChI=1S/C14H20N2O2/c1-10(2)11-5-3-4-6-13(11)16-8-7-15-12(9-16)14(17)18/h3-6,10,12,15H,7-9H2,1-2H3,(H,17,18). The summed E-state index contributed by atoms with van der Waals surface area (Å²) in [6.45, 7) is 6.42. The monoisotopic (exact) mass is 248 g/mol. The van der Waals surface area contributed by atoms with E-state index >= 15 is 0 Å². The molecule has 1 aromatic rings. The Hall–Kier alpha value is -1.55. The van der Waals surface area contributed by atoms with Gasteiger partial charge in [-0.1, -0.05) is 32.0 Å². The summed E-state index contributed by atoms with van der Waals surface area (Å²) < 4.78 is 0. The second kappa shape index (κ2) is 5.40. The van der Waals surface area contributed by atoms with Crippen LogP contribution in [0.15, 0.2) is 24.3 Å². The molecule has 0 bridgehead atoms. The number of nitrogens with zero attached hydrogens (tertiary/aromatic N) is 1. The largest absolute Gasteiger partial charge is 0.480 e. The first-order valence-corrected chi connectivity index (χ1v) is 6.39. The Morgan fingerprint density at radius 3 is 2.83 bits per heavy atom. The van der Waals surface area contributed by atoms with Gasteiger partial charge in [-0.15, -0.1) is 0 Å². The Bertz CT molecular complexity index is 432. The van der Waals surface area contributed by atoms with Gasteiger partial charge in [0.1, 0.15) is 6.04 Å². The number of hydrogen-bond acceptors (Lipinski definition) is 3. The highest BCUT2D eigenvalue weighted by atomic mass is 16.4. The quantitative estimate of drug-likeness (QED) is 0.854. The average molecular weight is 248 g/mol. The molecule has 0 saturated carbocycles. The number of anilines is 1. The van der Waals surface area contributed by atoms with Crippen LogP contribution >= 0.6 is 0 Å². The van der Waals surface area contributed by atoms with Crippen LogP contribution < -0.4 is 10.2 Å². The van der Waals surface area contributed by atoms with Crippen molar-refractivity contribution < 1.29 is 9.90 Å². The number of carbonyl (C=O) groups is 1. The molecule has 1 saturated heterocycles. The molecule has 18 heavy (non-hydrogen) atoms. The summed E-state index contributed by atoms with van der Waals surface area (Å²) in [5.74, 6) is -0.332. The Balaban J connectivity index is 2.23. The van der Waals surface area contributed by atoms with Crippen LogP contribution in [0, 0.1) is 0 Å². The zero-order valence-corrected chi connectivity index (χ0v) is 10.9. The van der Waals surface area contributed by atoms with Gasteiger partial charge in [0.2, 0.25) is 0 Å². The molecule has 4 heteroatoms. The molecule has 0 aliphatic carbocycles. The first-order valence-electron chi connectivity index (χ1n) is 6.39. The van der Waals surface area contributed by atoms with Crippen molar-refractivity contribution in [1.82, 2.24) is 5.32 Å². The molecule has 2 rings (SSSR count). The third-order valence-corrected chi connectivity index (χ3v) is 3.37. The summed E-state index contributed by atoms with van der Waals surface area (Å²) in [7, 11) is 0. The highest BCUT2D eigenvalue weighted by molar-refractivity contribution is 5.75. The number of piperazine rings is 1. The topological polar surface area (TPSA) is 52.6 Å². The average Bonchev–Trinajstić information content (AvgIpc) is 2.39. The van der Waals surface area contributed by atoms with Gasteiger partial charge in [-0.3, -0.25) is 4.79 Å². The molecule has 0 spiro atoms. The van der Waals surface area contributed by atoms with Crippen LogP contribution in [0.2, 0.25) is 0 Å². The molecule has 4 nitrogen and oxygen atoms in total. The lowest BCUT2D eigenvalue weighted by Crippen LogP contribution is -2.54. The molecule has 1 aliphatic rings. The fourth-order valence-corrected chi connectivity index (χ4v) is 2.40. The molecule has 98 valence electrons. The van der Waals surface area contributed by atoms with E-state index in [1.54, 1.807) is 0 Å². The van der Waals surface area contributed by atoms with E-state index in [1.165, 1.54) is 11.3 Å². The van der Waals surface area contributed by atoms with Gasteiger partial charge in [-0.25, -0.2) is 0 Å². The van der Waals surface area contributed by atoms with Crippen LogP contribution in [-0.2, 0) is 4.79 Å². The number of carboxylic acid groups (broad SMARTS) is 1. The maximum atomic E-state index is 11.1. The Morgan fingerprint density at radius 1 is 1.44 bits per heavy atom. The maximum Gasteiger partial charge on any atom is 0.322 e. The van der Waals surface area contributed by atoms with Crippen LogP contribution in [0.25, 0.3) is 0 Å². The lowest BCUT2D eigenvalue weighted by atomic mass is 9.99. The van der Waals surface area contributed by atoms with Crippen LogP contribution in [0.1, 0.15) is 25.3 Å². The van der Waals surface area contributed by atoms with Crippen molar-refractivity contribution in [2.45, 2.75) is 25.8 Å². The number of carboxylic acids is 1. The van der Waals surface area contributed by atoms with E-state index in [2.05, 4.69) is 36.2 Å². The third-order valence-electron chi connectivity index (χ3n) is 3.37. The molecular formula is C14H20N2O2. The molecular weight excluding hydrogens is 228 g/mol. The Kier molecular flexibility index (Phi) is 3.87. The van der Waals surface area contributed by atoms with Gasteiger partial charge in [0.25, 0.3) is 0 Å².